The molecule has 2 aromatic rings. The van der Waals surface area contributed by atoms with Gasteiger partial charge in [-0.3, -0.25) is 0 Å². The molecule has 0 aliphatic rings. The van der Waals surface area contributed by atoms with Crippen molar-refractivity contribution in [2.75, 3.05) is 6.61 Å². The fourth-order valence-corrected chi connectivity index (χ4v) is 2.35. The van der Waals surface area contributed by atoms with E-state index in [4.69, 9.17) is 9.84 Å². The molecule has 0 aromatic heterocycles. The van der Waals surface area contributed by atoms with Gasteiger partial charge < -0.3 is 9.84 Å². The van der Waals surface area contributed by atoms with Crippen molar-refractivity contribution in [3.8, 4) is 11.1 Å². The average molecular weight is 312 g/mol. The van der Waals surface area contributed by atoms with Crippen LogP contribution in [-0.2, 0) is 11.2 Å². The van der Waals surface area contributed by atoms with E-state index in [1.54, 1.807) is 12.1 Å². The summed E-state index contributed by atoms with van der Waals surface area (Å²) in [4.78, 5) is 10.9. The number of carboxylic acid groups (broad SMARTS) is 1. The standard InChI is InChI=1S/C20H24O3/c1-3-15(2)23-14-4-5-16-6-8-17(9-7-16)18-10-12-19(13-11-18)20(21)22/h6-13,15H,3-5,14H2,1-2H3,(H,21,22). The zero-order valence-corrected chi connectivity index (χ0v) is 13.8. The number of ether oxygens (including phenoxy) is 1. The van der Waals surface area contributed by atoms with Gasteiger partial charge in [0.05, 0.1) is 11.7 Å². The first kappa shape index (κ1) is 17.2. The van der Waals surface area contributed by atoms with E-state index in [0.29, 0.717) is 11.7 Å². The predicted octanol–water partition coefficient (Wildman–Crippen LogP) is 4.80. The number of rotatable bonds is 8. The van der Waals surface area contributed by atoms with Crippen molar-refractivity contribution in [1.29, 1.82) is 0 Å². The van der Waals surface area contributed by atoms with Gasteiger partial charge in [0.1, 0.15) is 0 Å². The number of hydrogen-bond donors (Lipinski definition) is 1. The molecule has 0 aliphatic carbocycles. The summed E-state index contributed by atoms with van der Waals surface area (Å²) < 4.78 is 5.69. The van der Waals surface area contributed by atoms with Gasteiger partial charge in [-0.1, -0.05) is 43.3 Å². The minimum absolute atomic E-state index is 0.312. The van der Waals surface area contributed by atoms with Crippen molar-refractivity contribution in [2.24, 2.45) is 0 Å². The molecule has 0 heterocycles. The minimum Gasteiger partial charge on any atom is -0.478 e. The van der Waals surface area contributed by atoms with Gasteiger partial charge in [0, 0.05) is 6.61 Å². The molecule has 1 N–H and O–H groups in total. The predicted molar refractivity (Wildman–Crippen MR) is 92.9 cm³/mol. The summed E-state index contributed by atoms with van der Waals surface area (Å²) in [5.74, 6) is -0.897. The van der Waals surface area contributed by atoms with E-state index < -0.39 is 5.97 Å². The Morgan fingerprint density at radius 1 is 1.04 bits per heavy atom. The average Bonchev–Trinajstić information content (AvgIpc) is 2.59. The molecule has 1 unspecified atom stereocenters. The van der Waals surface area contributed by atoms with E-state index >= 15 is 0 Å². The Kier molecular flexibility index (Phi) is 6.36. The van der Waals surface area contributed by atoms with Gasteiger partial charge in [-0.25, -0.2) is 4.79 Å². The number of hydrogen-bond acceptors (Lipinski definition) is 2. The smallest absolute Gasteiger partial charge is 0.335 e. The quantitative estimate of drug-likeness (QED) is 0.712. The maximum absolute atomic E-state index is 10.9. The van der Waals surface area contributed by atoms with Crippen LogP contribution in [0.3, 0.4) is 0 Å². The van der Waals surface area contributed by atoms with Gasteiger partial charge in [0.2, 0.25) is 0 Å². The van der Waals surface area contributed by atoms with Crippen LogP contribution < -0.4 is 0 Å². The lowest BCUT2D eigenvalue weighted by Gasteiger charge is -2.10. The molecule has 0 fully saturated rings. The fraction of sp³-hybridized carbons (Fsp3) is 0.350. The van der Waals surface area contributed by atoms with Gasteiger partial charge in [-0.2, -0.15) is 0 Å². The van der Waals surface area contributed by atoms with Crippen molar-refractivity contribution in [2.45, 2.75) is 39.2 Å². The van der Waals surface area contributed by atoms with E-state index in [-0.39, 0.29) is 0 Å². The molecule has 0 saturated carbocycles. The summed E-state index contributed by atoms with van der Waals surface area (Å²) in [7, 11) is 0. The summed E-state index contributed by atoms with van der Waals surface area (Å²) in [6, 6.07) is 15.4. The lowest BCUT2D eigenvalue weighted by atomic mass is 10.0. The third kappa shape index (κ3) is 5.22. The van der Waals surface area contributed by atoms with E-state index in [1.807, 2.05) is 12.1 Å². The molecular weight excluding hydrogens is 288 g/mol. The van der Waals surface area contributed by atoms with Crippen LogP contribution in [0.5, 0.6) is 0 Å². The number of aromatic carboxylic acids is 1. The monoisotopic (exact) mass is 312 g/mol. The maximum Gasteiger partial charge on any atom is 0.335 e. The number of carbonyl (C=O) groups is 1. The summed E-state index contributed by atoms with van der Waals surface area (Å²) >= 11 is 0. The summed E-state index contributed by atoms with van der Waals surface area (Å²) in [5, 5.41) is 8.93. The Hall–Kier alpha value is -2.13. The highest BCUT2D eigenvalue weighted by Gasteiger charge is 2.04. The van der Waals surface area contributed by atoms with Crippen LogP contribution in [0, 0.1) is 0 Å². The molecule has 0 radical (unpaired) electrons. The van der Waals surface area contributed by atoms with Gasteiger partial charge in [-0.05, 0) is 55.0 Å². The van der Waals surface area contributed by atoms with Crippen LogP contribution in [0.2, 0.25) is 0 Å². The lowest BCUT2D eigenvalue weighted by molar-refractivity contribution is 0.0621. The number of aryl methyl sites for hydroxylation is 1. The van der Waals surface area contributed by atoms with Gasteiger partial charge in [-0.15, -0.1) is 0 Å². The normalized spacial score (nSPS) is 12.1. The van der Waals surface area contributed by atoms with Crippen LogP contribution >= 0.6 is 0 Å². The van der Waals surface area contributed by atoms with Crippen LogP contribution in [-0.4, -0.2) is 23.8 Å². The molecule has 23 heavy (non-hydrogen) atoms. The van der Waals surface area contributed by atoms with Gasteiger partial charge in [0.15, 0.2) is 0 Å². The second-order valence-electron chi connectivity index (χ2n) is 5.77. The summed E-state index contributed by atoms with van der Waals surface area (Å²) in [6.45, 7) is 5.03. The Labute approximate surface area is 137 Å². The first-order chi connectivity index (χ1) is 11.1. The molecule has 3 heteroatoms. The molecule has 2 rings (SSSR count). The molecule has 122 valence electrons. The first-order valence-electron chi connectivity index (χ1n) is 8.14. The molecule has 0 spiro atoms. The molecule has 0 saturated heterocycles. The Bertz CT molecular complexity index is 614. The highest BCUT2D eigenvalue weighted by atomic mass is 16.5. The van der Waals surface area contributed by atoms with Crippen LogP contribution in [0.25, 0.3) is 11.1 Å². The van der Waals surface area contributed by atoms with Crippen molar-refractivity contribution in [1.82, 2.24) is 0 Å². The fourth-order valence-electron chi connectivity index (χ4n) is 2.35. The summed E-state index contributed by atoms with van der Waals surface area (Å²) in [6.07, 6.45) is 3.42. The van der Waals surface area contributed by atoms with Gasteiger partial charge in [0.25, 0.3) is 0 Å². The zero-order valence-electron chi connectivity index (χ0n) is 13.8. The van der Waals surface area contributed by atoms with Crippen LogP contribution in [0.4, 0.5) is 0 Å². The zero-order chi connectivity index (χ0) is 16.7. The Morgan fingerprint density at radius 3 is 2.13 bits per heavy atom. The second kappa shape index (κ2) is 8.49. The molecular formula is C20H24O3. The SMILES string of the molecule is CCC(C)OCCCc1ccc(-c2ccc(C(=O)O)cc2)cc1. The van der Waals surface area contributed by atoms with Crippen molar-refractivity contribution < 1.29 is 14.6 Å². The van der Waals surface area contributed by atoms with Gasteiger partial charge >= 0.3 is 5.97 Å². The highest BCUT2D eigenvalue weighted by molar-refractivity contribution is 5.88. The molecule has 2 aromatic carbocycles. The minimum atomic E-state index is -0.897. The van der Waals surface area contributed by atoms with E-state index in [2.05, 4.69) is 38.1 Å². The van der Waals surface area contributed by atoms with E-state index in [1.165, 1.54) is 5.56 Å². The number of carboxylic acids is 1. The van der Waals surface area contributed by atoms with E-state index in [9.17, 15) is 4.79 Å². The van der Waals surface area contributed by atoms with E-state index in [0.717, 1.165) is 37.0 Å². The molecule has 0 bridgehead atoms. The van der Waals surface area contributed by atoms with Crippen molar-refractivity contribution >= 4 is 5.97 Å². The molecule has 1 atom stereocenters. The Balaban J connectivity index is 1.90. The topological polar surface area (TPSA) is 46.5 Å². The lowest BCUT2D eigenvalue weighted by Crippen LogP contribution is -2.07. The van der Waals surface area contributed by atoms with Crippen LogP contribution in [0.1, 0.15) is 42.6 Å². The highest BCUT2D eigenvalue weighted by Crippen LogP contribution is 2.21. The first-order valence-corrected chi connectivity index (χ1v) is 8.14. The van der Waals surface area contributed by atoms with Crippen molar-refractivity contribution in [3.05, 3.63) is 59.7 Å². The second-order valence-corrected chi connectivity index (χ2v) is 5.77. The molecule has 0 amide bonds. The van der Waals surface area contributed by atoms with Crippen molar-refractivity contribution in [3.63, 3.8) is 0 Å². The summed E-state index contributed by atoms with van der Waals surface area (Å²) in [5.41, 5.74) is 3.73. The molecule has 0 aliphatic heterocycles. The Morgan fingerprint density at radius 2 is 1.61 bits per heavy atom. The van der Waals surface area contributed by atoms with Crippen LogP contribution in [0.15, 0.2) is 48.5 Å². The third-order valence-electron chi connectivity index (χ3n) is 4.01. The molecule has 3 nitrogen and oxygen atoms in total. The largest absolute Gasteiger partial charge is 0.478 e. The number of benzene rings is 2. The maximum atomic E-state index is 10.9. The third-order valence-corrected chi connectivity index (χ3v) is 4.01.